The van der Waals surface area contributed by atoms with Crippen LogP contribution in [0.5, 0.6) is 0 Å². The molecule has 0 atom stereocenters. The first kappa shape index (κ1) is 41.9. The first-order chi connectivity index (χ1) is 28.4. The molecule has 4 fully saturated rings. The van der Waals surface area contributed by atoms with Crippen molar-refractivity contribution in [1.82, 2.24) is 4.72 Å². The van der Waals surface area contributed by atoms with Gasteiger partial charge in [-0.1, -0.05) is 109 Å². The highest BCUT2D eigenvalue weighted by atomic mass is 32.2. The number of anilines is 3. The summed E-state index contributed by atoms with van der Waals surface area (Å²) in [5, 5.41) is 0. The maximum atomic E-state index is 13.1. The minimum Gasteiger partial charge on any atom is -0.269 e. The summed E-state index contributed by atoms with van der Waals surface area (Å²) >= 11 is 0. The molecule has 0 aromatic heterocycles. The zero-order chi connectivity index (χ0) is 41.5. The highest BCUT2D eigenvalue weighted by molar-refractivity contribution is 7.93. The summed E-state index contributed by atoms with van der Waals surface area (Å²) in [6.45, 7) is 0. The first-order valence-corrected chi connectivity index (χ1v) is 24.1. The van der Waals surface area contributed by atoms with Crippen LogP contribution in [-0.4, -0.2) is 37.8 Å². The molecule has 0 heterocycles. The van der Waals surface area contributed by atoms with Gasteiger partial charge in [0, 0.05) is 12.6 Å². The first-order valence-electron chi connectivity index (χ1n) is 19.7. The van der Waals surface area contributed by atoms with E-state index in [0.29, 0.717) is 26.9 Å². The number of sulfonamides is 3. The van der Waals surface area contributed by atoms with Crippen molar-refractivity contribution in [3.05, 3.63) is 182 Å². The Morgan fingerprint density at radius 2 is 0.729 bits per heavy atom. The van der Waals surface area contributed by atoms with Gasteiger partial charge in [-0.05, 0) is 129 Å². The second kappa shape index (κ2) is 17.9. The lowest BCUT2D eigenvalue weighted by Gasteiger charge is -2.56. The summed E-state index contributed by atoms with van der Waals surface area (Å²) < 4.78 is 81.6. The van der Waals surface area contributed by atoms with E-state index in [0.717, 1.165) is 37.0 Å². The maximum Gasteiger partial charge on any atom is 0.268 e. The van der Waals surface area contributed by atoms with Crippen LogP contribution in [0.4, 0.5) is 17.1 Å². The molecule has 1 N–H and O–H groups in total. The average molecular weight is 848 g/mol. The Morgan fingerprint density at radius 3 is 1.10 bits per heavy atom. The normalized spacial score (nSPS) is 20.6. The molecule has 306 valence electrons. The fraction of sp³-hybridized carbons (Fsp3) is 0.234. The smallest absolute Gasteiger partial charge is 0.268 e. The van der Waals surface area contributed by atoms with Crippen LogP contribution in [0.25, 0.3) is 0 Å². The summed E-state index contributed by atoms with van der Waals surface area (Å²) in [6.07, 6.45) is 7.12. The van der Waals surface area contributed by atoms with Crippen LogP contribution in [0.3, 0.4) is 0 Å². The highest BCUT2D eigenvalue weighted by Gasteiger charge is 2.52. The third-order valence-electron chi connectivity index (χ3n) is 11.2. The molecule has 9 nitrogen and oxygen atoms in total. The molecule has 4 aliphatic carbocycles. The minimum absolute atomic E-state index is 0.149. The Balaban J connectivity index is 0.000000135. The molecular weight excluding hydrogens is 799 g/mol. The molecule has 4 saturated carbocycles. The fourth-order valence-corrected chi connectivity index (χ4v) is 13.1. The number of hydrogen-bond acceptors (Lipinski definition) is 6. The van der Waals surface area contributed by atoms with Crippen molar-refractivity contribution in [2.75, 3.05) is 15.7 Å². The number of nitrogens with one attached hydrogen (secondary N) is 1. The molecule has 59 heavy (non-hydrogen) atoms. The second-order valence-corrected chi connectivity index (χ2v) is 20.9. The Labute approximate surface area is 349 Å². The standard InChI is InChI=1S/C18H15NO2S.C16H21NO2S.C13H13NO2S/c20-22(21,18-14-8-3-9-15-18)19(16-10-4-1-5-11-16)17-12-6-2-7-13-17;18-20(19,15-4-2-1-3-5-15)17-16-9-12-6-13(10-16)8-14(7-12)11-16;1-14(12-8-4-2-5-9-12)17(15,16)13-10-6-3-7-11-13/h1-15H;1-5,12-14,17H,6-11H2;2-11H,1H3. The van der Waals surface area contributed by atoms with Crippen LogP contribution in [0, 0.1) is 17.8 Å². The van der Waals surface area contributed by atoms with E-state index in [4.69, 9.17) is 0 Å². The number of nitrogens with zero attached hydrogens (tertiary/aromatic N) is 2. The summed E-state index contributed by atoms with van der Waals surface area (Å²) in [4.78, 5) is 0.963. The fourth-order valence-electron chi connectivity index (χ4n) is 8.96. The Hall–Kier alpha value is -5.27. The Bertz CT molecular complexity index is 2530. The zero-order valence-corrected chi connectivity index (χ0v) is 35.3. The van der Waals surface area contributed by atoms with Crippen LogP contribution < -0.4 is 13.3 Å². The highest BCUT2D eigenvalue weighted by Crippen LogP contribution is 2.56. The number of hydrogen-bond donors (Lipinski definition) is 1. The van der Waals surface area contributed by atoms with E-state index in [9.17, 15) is 25.3 Å². The maximum absolute atomic E-state index is 13.1. The molecule has 0 aliphatic heterocycles. The van der Waals surface area contributed by atoms with Crippen molar-refractivity contribution in [3.8, 4) is 0 Å². The van der Waals surface area contributed by atoms with Gasteiger partial charge in [-0.2, -0.15) is 0 Å². The van der Waals surface area contributed by atoms with E-state index in [1.807, 2.05) is 60.7 Å². The zero-order valence-electron chi connectivity index (χ0n) is 32.9. The lowest BCUT2D eigenvalue weighted by Crippen LogP contribution is -2.59. The molecular formula is C47H49N3O6S3. The van der Waals surface area contributed by atoms with Gasteiger partial charge in [-0.15, -0.1) is 0 Å². The van der Waals surface area contributed by atoms with Gasteiger partial charge in [0.2, 0.25) is 10.0 Å². The summed E-state index contributed by atoms with van der Waals surface area (Å²) in [5.41, 5.74) is 1.72. The third-order valence-corrected chi connectivity index (χ3v) is 16.4. The van der Waals surface area contributed by atoms with Gasteiger partial charge in [-0.3, -0.25) is 4.31 Å². The summed E-state index contributed by atoms with van der Waals surface area (Å²) in [7, 11) is -8.95. The SMILES string of the molecule is CN(c1ccccc1)S(=O)(=O)c1ccccc1.O=S(=O)(NC12CC3CC(CC(C3)C1)C2)c1ccccc1.O=S(=O)(c1ccccc1)N(c1ccccc1)c1ccccc1. The predicted molar refractivity (Wildman–Crippen MR) is 235 cm³/mol. The molecule has 4 aliphatic rings. The van der Waals surface area contributed by atoms with Crippen molar-refractivity contribution in [2.24, 2.45) is 17.8 Å². The van der Waals surface area contributed by atoms with E-state index >= 15 is 0 Å². The van der Waals surface area contributed by atoms with Gasteiger partial charge in [-0.25, -0.2) is 34.3 Å². The van der Waals surface area contributed by atoms with E-state index in [1.165, 1.54) is 27.9 Å². The van der Waals surface area contributed by atoms with Gasteiger partial charge in [0.15, 0.2) is 0 Å². The van der Waals surface area contributed by atoms with Crippen molar-refractivity contribution in [2.45, 2.75) is 58.8 Å². The Morgan fingerprint density at radius 1 is 0.424 bits per heavy atom. The molecule has 6 aromatic carbocycles. The molecule has 0 amide bonds. The van der Waals surface area contributed by atoms with Gasteiger partial charge < -0.3 is 0 Å². The molecule has 0 spiro atoms. The predicted octanol–water partition coefficient (Wildman–Crippen LogP) is 9.66. The summed E-state index contributed by atoms with van der Waals surface area (Å²) in [6, 6.07) is 52.8. The minimum atomic E-state index is -3.67. The topological polar surface area (TPSA) is 121 Å². The largest absolute Gasteiger partial charge is 0.269 e. The molecule has 0 radical (unpaired) electrons. The van der Waals surface area contributed by atoms with E-state index in [-0.39, 0.29) is 10.4 Å². The molecule has 6 aromatic rings. The van der Waals surface area contributed by atoms with Gasteiger partial charge >= 0.3 is 0 Å². The van der Waals surface area contributed by atoms with Crippen LogP contribution in [0.1, 0.15) is 38.5 Å². The van der Waals surface area contributed by atoms with Crippen molar-refractivity contribution in [3.63, 3.8) is 0 Å². The number of rotatable bonds is 10. The molecule has 0 saturated heterocycles. The molecule has 4 bridgehead atoms. The number of benzene rings is 6. The Kier molecular flexibility index (Phi) is 12.7. The quantitative estimate of drug-likeness (QED) is 0.147. The molecule has 0 unspecified atom stereocenters. The molecule has 10 rings (SSSR count). The monoisotopic (exact) mass is 847 g/mol. The number of para-hydroxylation sites is 3. The third kappa shape index (κ3) is 9.79. The summed E-state index contributed by atoms with van der Waals surface area (Å²) in [5.74, 6) is 2.25. The van der Waals surface area contributed by atoms with Gasteiger partial charge in [0.1, 0.15) is 0 Å². The lowest BCUT2D eigenvalue weighted by atomic mass is 9.53. The van der Waals surface area contributed by atoms with Crippen LogP contribution in [0.2, 0.25) is 0 Å². The van der Waals surface area contributed by atoms with Crippen molar-refractivity contribution >= 4 is 47.1 Å². The van der Waals surface area contributed by atoms with E-state index in [1.54, 1.807) is 128 Å². The van der Waals surface area contributed by atoms with Crippen molar-refractivity contribution in [1.29, 1.82) is 0 Å². The van der Waals surface area contributed by atoms with Gasteiger partial charge in [0.25, 0.3) is 20.0 Å². The van der Waals surface area contributed by atoms with E-state index in [2.05, 4.69) is 4.72 Å². The van der Waals surface area contributed by atoms with Crippen molar-refractivity contribution < 1.29 is 25.3 Å². The van der Waals surface area contributed by atoms with Crippen LogP contribution >= 0.6 is 0 Å². The molecule has 12 heteroatoms. The van der Waals surface area contributed by atoms with Crippen LogP contribution in [0.15, 0.2) is 197 Å². The van der Waals surface area contributed by atoms with Crippen LogP contribution in [-0.2, 0) is 30.1 Å². The average Bonchev–Trinajstić information content (AvgIpc) is 3.25. The second-order valence-electron chi connectivity index (χ2n) is 15.5. The van der Waals surface area contributed by atoms with E-state index < -0.39 is 30.1 Å². The van der Waals surface area contributed by atoms with Gasteiger partial charge in [0.05, 0.1) is 31.7 Å². The lowest BCUT2D eigenvalue weighted by molar-refractivity contribution is -0.00810.